The van der Waals surface area contributed by atoms with E-state index in [0.717, 1.165) is 35.0 Å². The van der Waals surface area contributed by atoms with Crippen LogP contribution in [0.3, 0.4) is 0 Å². The van der Waals surface area contributed by atoms with Gasteiger partial charge in [0.15, 0.2) is 9.84 Å². The standard InChI is InChI=1S/C22H29N3O6S3/c1-22(2,3)11-4-5-13-14(8-11)32-20(24-16(26)9-15-18(27)25-21(29)33-15)17(13)19(28)23-12-6-7-34(30,31)10-12/h11-12,15H,4-10H2,1-3H3,(H,23,28)(H,24,26)(H,25,27,29). The van der Waals surface area contributed by atoms with Crippen molar-refractivity contribution in [2.45, 2.75) is 64.2 Å². The molecule has 3 unspecified atom stereocenters. The van der Waals surface area contributed by atoms with Crippen molar-refractivity contribution in [1.82, 2.24) is 10.6 Å². The molecule has 0 saturated carbocycles. The number of rotatable bonds is 5. The molecule has 2 fully saturated rings. The topological polar surface area (TPSA) is 139 Å². The number of nitrogens with one attached hydrogen (secondary N) is 3. The van der Waals surface area contributed by atoms with E-state index in [0.29, 0.717) is 29.3 Å². The van der Waals surface area contributed by atoms with Crippen molar-refractivity contribution in [2.75, 3.05) is 16.8 Å². The van der Waals surface area contributed by atoms with Gasteiger partial charge < -0.3 is 10.6 Å². The number of anilines is 1. The fourth-order valence-corrected chi connectivity index (χ4v) is 8.53. The molecule has 1 aromatic rings. The van der Waals surface area contributed by atoms with Crippen LogP contribution < -0.4 is 16.0 Å². The highest BCUT2D eigenvalue weighted by Gasteiger charge is 2.37. The second kappa shape index (κ2) is 9.27. The Bertz CT molecular complexity index is 1150. The lowest BCUT2D eigenvalue weighted by Crippen LogP contribution is -2.36. The van der Waals surface area contributed by atoms with Crippen molar-refractivity contribution in [2.24, 2.45) is 11.3 Å². The molecule has 0 bridgehead atoms. The number of thiophene rings is 1. The smallest absolute Gasteiger partial charge is 0.286 e. The van der Waals surface area contributed by atoms with E-state index >= 15 is 0 Å². The molecule has 0 radical (unpaired) electrons. The first kappa shape index (κ1) is 25.2. The monoisotopic (exact) mass is 527 g/mol. The van der Waals surface area contributed by atoms with Crippen LogP contribution in [0.25, 0.3) is 0 Å². The molecule has 0 spiro atoms. The maximum atomic E-state index is 13.3. The van der Waals surface area contributed by atoms with Crippen LogP contribution in [0.1, 0.15) is 60.8 Å². The van der Waals surface area contributed by atoms with Crippen LogP contribution in [0.15, 0.2) is 0 Å². The zero-order valence-corrected chi connectivity index (χ0v) is 21.8. The van der Waals surface area contributed by atoms with E-state index in [1.54, 1.807) is 0 Å². The maximum absolute atomic E-state index is 13.3. The molecule has 2 saturated heterocycles. The van der Waals surface area contributed by atoms with Gasteiger partial charge in [-0.2, -0.15) is 0 Å². The Labute approximate surface area is 207 Å². The third-order valence-corrected chi connectivity index (χ3v) is 10.6. The molecule has 1 aliphatic carbocycles. The van der Waals surface area contributed by atoms with Gasteiger partial charge >= 0.3 is 0 Å². The molecule has 1 aromatic heterocycles. The lowest BCUT2D eigenvalue weighted by Gasteiger charge is -2.33. The van der Waals surface area contributed by atoms with E-state index in [4.69, 9.17) is 0 Å². The maximum Gasteiger partial charge on any atom is 0.286 e. The number of imide groups is 1. The molecule has 12 heteroatoms. The van der Waals surface area contributed by atoms with Crippen LogP contribution in [-0.4, -0.2) is 54.2 Å². The average Bonchev–Trinajstić information content (AvgIpc) is 3.34. The van der Waals surface area contributed by atoms with Crippen LogP contribution in [0.4, 0.5) is 9.80 Å². The number of thioether (sulfide) groups is 1. The Hall–Kier alpha value is -1.92. The van der Waals surface area contributed by atoms with Crippen LogP contribution in [0.2, 0.25) is 0 Å². The lowest BCUT2D eigenvalue weighted by molar-refractivity contribution is -0.122. The third-order valence-electron chi connectivity index (χ3n) is 6.68. The molecule has 4 rings (SSSR count). The summed E-state index contributed by atoms with van der Waals surface area (Å²) in [6, 6.07) is -0.452. The second-order valence-corrected chi connectivity index (χ2v) is 14.7. The summed E-state index contributed by atoms with van der Waals surface area (Å²) in [5, 5.41) is 6.96. The number of sulfone groups is 1. The highest BCUT2D eigenvalue weighted by molar-refractivity contribution is 8.15. The number of carbonyl (C=O) groups excluding carboxylic acids is 4. The molecular formula is C22H29N3O6S3. The van der Waals surface area contributed by atoms with Crippen molar-refractivity contribution >= 4 is 60.9 Å². The zero-order valence-electron chi connectivity index (χ0n) is 19.4. The summed E-state index contributed by atoms with van der Waals surface area (Å²) in [6.45, 7) is 6.58. The summed E-state index contributed by atoms with van der Waals surface area (Å²) < 4.78 is 23.7. The minimum Gasteiger partial charge on any atom is -0.348 e. The minimum atomic E-state index is -3.15. The molecule has 0 aromatic carbocycles. The number of hydrogen-bond acceptors (Lipinski definition) is 8. The number of amides is 4. The molecule has 34 heavy (non-hydrogen) atoms. The highest BCUT2D eigenvalue weighted by Crippen LogP contribution is 2.44. The summed E-state index contributed by atoms with van der Waals surface area (Å²) in [5.41, 5.74) is 1.40. The predicted octanol–water partition coefficient (Wildman–Crippen LogP) is 2.50. The molecule has 2 aliphatic heterocycles. The Morgan fingerprint density at radius 1 is 1.18 bits per heavy atom. The van der Waals surface area contributed by atoms with Crippen LogP contribution in [0, 0.1) is 11.3 Å². The summed E-state index contributed by atoms with van der Waals surface area (Å²) in [6.07, 6.45) is 2.60. The summed E-state index contributed by atoms with van der Waals surface area (Å²) >= 11 is 2.15. The summed E-state index contributed by atoms with van der Waals surface area (Å²) in [5.74, 6) is -0.929. The van der Waals surface area contributed by atoms with Gasteiger partial charge in [-0.15, -0.1) is 11.3 Å². The van der Waals surface area contributed by atoms with E-state index in [9.17, 15) is 27.6 Å². The van der Waals surface area contributed by atoms with Gasteiger partial charge in [0.2, 0.25) is 11.8 Å². The van der Waals surface area contributed by atoms with Crippen molar-refractivity contribution in [3.8, 4) is 0 Å². The minimum absolute atomic E-state index is 0.0520. The van der Waals surface area contributed by atoms with E-state index < -0.39 is 38.2 Å². The van der Waals surface area contributed by atoms with Gasteiger partial charge in [0.1, 0.15) is 10.3 Å². The first-order chi connectivity index (χ1) is 15.8. The SMILES string of the molecule is CC(C)(C)C1CCc2c(sc(NC(=O)CC3SC(=O)NC3=O)c2C(=O)NC2CCS(=O)(=O)C2)C1. The summed E-state index contributed by atoms with van der Waals surface area (Å²) in [7, 11) is -3.15. The number of hydrogen-bond donors (Lipinski definition) is 3. The first-order valence-electron chi connectivity index (χ1n) is 11.3. The fourth-order valence-electron chi connectivity index (χ4n) is 4.69. The molecule has 9 nitrogen and oxygen atoms in total. The Kier molecular flexibility index (Phi) is 6.87. The molecule has 3 atom stereocenters. The fraction of sp³-hybridized carbons (Fsp3) is 0.636. The predicted molar refractivity (Wildman–Crippen MR) is 132 cm³/mol. The van der Waals surface area contributed by atoms with Crippen LogP contribution in [-0.2, 0) is 32.3 Å². The Morgan fingerprint density at radius 3 is 2.50 bits per heavy atom. The second-order valence-electron chi connectivity index (χ2n) is 10.2. The van der Waals surface area contributed by atoms with Gasteiger partial charge in [-0.25, -0.2) is 8.42 Å². The van der Waals surface area contributed by atoms with Gasteiger partial charge in [-0.05, 0) is 42.6 Å². The van der Waals surface area contributed by atoms with Crippen molar-refractivity contribution in [3.63, 3.8) is 0 Å². The van der Waals surface area contributed by atoms with Crippen molar-refractivity contribution in [1.29, 1.82) is 0 Å². The van der Waals surface area contributed by atoms with Crippen molar-refractivity contribution < 1.29 is 27.6 Å². The van der Waals surface area contributed by atoms with E-state index in [-0.39, 0.29) is 29.2 Å². The highest BCUT2D eigenvalue weighted by atomic mass is 32.2. The van der Waals surface area contributed by atoms with Crippen LogP contribution >= 0.6 is 23.1 Å². The molecule has 4 amide bonds. The zero-order chi connectivity index (χ0) is 24.8. The van der Waals surface area contributed by atoms with Gasteiger partial charge in [0.05, 0.1) is 17.1 Å². The van der Waals surface area contributed by atoms with Gasteiger partial charge in [-0.1, -0.05) is 32.5 Å². The molecule has 186 valence electrons. The quantitative estimate of drug-likeness (QED) is 0.535. The lowest BCUT2D eigenvalue weighted by atomic mass is 9.72. The Morgan fingerprint density at radius 2 is 1.91 bits per heavy atom. The van der Waals surface area contributed by atoms with E-state index in [1.165, 1.54) is 11.3 Å². The summed E-state index contributed by atoms with van der Waals surface area (Å²) in [4.78, 5) is 50.3. The van der Waals surface area contributed by atoms with E-state index in [1.807, 2.05) is 0 Å². The third kappa shape index (κ3) is 5.49. The van der Waals surface area contributed by atoms with E-state index in [2.05, 4.69) is 36.7 Å². The van der Waals surface area contributed by atoms with Gasteiger partial charge in [0.25, 0.3) is 11.1 Å². The molecule has 3 N–H and O–H groups in total. The van der Waals surface area contributed by atoms with Crippen molar-refractivity contribution in [3.05, 3.63) is 16.0 Å². The van der Waals surface area contributed by atoms with Crippen LogP contribution in [0.5, 0.6) is 0 Å². The van der Waals surface area contributed by atoms with Gasteiger partial charge in [0, 0.05) is 17.3 Å². The number of fused-ring (bicyclic) bond motifs is 1. The largest absolute Gasteiger partial charge is 0.348 e. The number of carbonyl (C=O) groups is 4. The average molecular weight is 528 g/mol. The normalized spacial score (nSPS) is 26.1. The van der Waals surface area contributed by atoms with Gasteiger partial charge in [-0.3, -0.25) is 24.5 Å². The first-order valence-corrected chi connectivity index (χ1v) is 14.8. The molecule has 3 aliphatic rings. The molecular weight excluding hydrogens is 498 g/mol. The Balaban J connectivity index is 1.57. The molecule has 3 heterocycles.